The Bertz CT molecular complexity index is 994. The zero-order valence-electron chi connectivity index (χ0n) is 16.5. The number of aromatic nitrogens is 2. The van der Waals surface area contributed by atoms with Gasteiger partial charge in [-0.3, -0.25) is 14.5 Å². The van der Waals surface area contributed by atoms with Crippen molar-refractivity contribution in [1.82, 2.24) is 14.9 Å². The molecule has 1 N–H and O–H groups in total. The second-order valence-electron chi connectivity index (χ2n) is 7.55. The summed E-state index contributed by atoms with van der Waals surface area (Å²) in [5.41, 5.74) is 1.21. The van der Waals surface area contributed by atoms with Crippen LogP contribution in [0.1, 0.15) is 47.7 Å². The molecule has 2 heterocycles. The number of nitrogens with zero attached hydrogens (tertiary/aromatic N) is 3. The molecule has 2 amide bonds. The zero-order chi connectivity index (χ0) is 21.2. The molecule has 3 rings (SSSR count). The van der Waals surface area contributed by atoms with Crippen molar-refractivity contribution in [2.45, 2.75) is 39.3 Å². The van der Waals surface area contributed by atoms with Gasteiger partial charge in [0.05, 0.1) is 0 Å². The SMILES string of the molecule is Cc1ccsc1[C@@H](C(=O)NC(C)(C)C)N(C(=O)c1csnn1)c1ccc(Cl)cc1. The predicted molar refractivity (Wildman–Crippen MR) is 118 cm³/mol. The summed E-state index contributed by atoms with van der Waals surface area (Å²) in [6.45, 7) is 7.64. The average molecular weight is 449 g/mol. The zero-order valence-corrected chi connectivity index (χ0v) is 18.9. The standard InChI is InChI=1S/C20H21ClN4O2S2/c1-12-9-10-28-17(12)16(18(26)22-20(2,3)4)25(14-7-5-13(21)6-8-14)19(27)15-11-29-24-23-15/h5-11,16H,1-4H3,(H,22,26)/t16-/m0/s1. The lowest BCUT2D eigenvalue weighted by Gasteiger charge is -2.33. The highest BCUT2D eigenvalue weighted by Gasteiger charge is 2.37. The van der Waals surface area contributed by atoms with Crippen molar-refractivity contribution in [2.24, 2.45) is 0 Å². The highest BCUT2D eigenvalue weighted by atomic mass is 35.5. The minimum Gasteiger partial charge on any atom is -0.349 e. The third-order valence-electron chi connectivity index (χ3n) is 4.06. The fourth-order valence-electron chi connectivity index (χ4n) is 2.82. The fourth-order valence-corrected chi connectivity index (χ4v) is 4.39. The molecule has 9 heteroatoms. The Kier molecular flexibility index (Phi) is 6.36. The first-order valence-corrected chi connectivity index (χ1v) is 11.0. The maximum Gasteiger partial charge on any atom is 0.280 e. The van der Waals surface area contributed by atoms with Crippen LogP contribution in [0.5, 0.6) is 0 Å². The maximum atomic E-state index is 13.4. The Hall–Kier alpha value is -2.29. The first-order chi connectivity index (χ1) is 13.7. The first kappa shape index (κ1) is 21.4. The van der Waals surface area contributed by atoms with E-state index in [9.17, 15) is 9.59 Å². The molecule has 0 aliphatic heterocycles. The first-order valence-electron chi connectivity index (χ1n) is 8.89. The number of anilines is 1. The summed E-state index contributed by atoms with van der Waals surface area (Å²) in [5.74, 6) is -0.669. The van der Waals surface area contributed by atoms with Crippen LogP contribution in [0.4, 0.5) is 5.69 Å². The van der Waals surface area contributed by atoms with Crippen LogP contribution in [-0.4, -0.2) is 26.9 Å². The second kappa shape index (κ2) is 8.61. The van der Waals surface area contributed by atoms with Crippen LogP contribution >= 0.6 is 34.5 Å². The molecule has 3 aromatic rings. The van der Waals surface area contributed by atoms with Gasteiger partial charge >= 0.3 is 0 Å². The van der Waals surface area contributed by atoms with Gasteiger partial charge in [0.2, 0.25) is 5.91 Å². The topological polar surface area (TPSA) is 75.2 Å². The molecule has 1 aromatic carbocycles. The monoisotopic (exact) mass is 448 g/mol. The van der Waals surface area contributed by atoms with E-state index in [1.54, 1.807) is 29.6 Å². The number of amides is 2. The third kappa shape index (κ3) is 5.01. The lowest BCUT2D eigenvalue weighted by molar-refractivity contribution is -0.123. The maximum absolute atomic E-state index is 13.4. The molecule has 1 atom stereocenters. The summed E-state index contributed by atoms with van der Waals surface area (Å²) < 4.78 is 3.80. The van der Waals surface area contributed by atoms with Gasteiger partial charge < -0.3 is 5.32 Å². The Balaban J connectivity index is 2.16. The van der Waals surface area contributed by atoms with Crippen LogP contribution in [0.2, 0.25) is 5.02 Å². The molecule has 0 spiro atoms. The van der Waals surface area contributed by atoms with E-state index in [-0.39, 0.29) is 11.6 Å². The molecule has 0 saturated heterocycles. The average Bonchev–Trinajstić information content (AvgIpc) is 3.30. The van der Waals surface area contributed by atoms with Crippen LogP contribution < -0.4 is 10.2 Å². The van der Waals surface area contributed by atoms with E-state index in [1.165, 1.54) is 16.2 Å². The molecule has 0 radical (unpaired) electrons. The number of hydrogen-bond donors (Lipinski definition) is 1. The van der Waals surface area contributed by atoms with Crippen molar-refractivity contribution >= 4 is 52.0 Å². The van der Waals surface area contributed by atoms with Gasteiger partial charge in [0.25, 0.3) is 5.91 Å². The number of carbonyl (C=O) groups is 2. The van der Waals surface area contributed by atoms with Crippen LogP contribution in [0, 0.1) is 6.92 Å². The molecule has 2 aromatic heterocycles. The summed E-state index contributed by atoms with van der Waals surface area (Å²) in [6, 6.07) is 7.91. The van der Waals surface area contributed by atoms with E-state index < -0.39 is 17.5 Å². The van der Waals surface area contributed by atoms with Crippen LogP contribution in [-0.2, 0) is 4.79 Å². The number of aryl methyl sites for hydroxylation is 1. The van der Waals surface area contributed by atoms with Crippen molar-refractivity contribution in [3.63, 3.8) is 0 Å². The lowest BCUT2D eigenvalue weighted by atomic mass is 10.0. The van der Waals surface area contributed by atoms with Gasteiger partial charge in [-0.2, -0.15) is 0 Å². The van der Waals surface area contributed by atoms with Gasteiger partial charge in [0.1, 0.15) is 0 Å². The van der Waals surface area contributed by atoms with Crippen molar-refractivity contribution in [3.8, 4) is 0 Å². The molecule has 0 bridgehead atoms. The number of thiophene rings is 1. The van der Waals surface area contributed by atoms with Gasteiger partial charge in [-0.1, -0.05) is 16.1 Å². The molecule has 0 aliphatic carbocycles. The Labute approximate surface area is 182 Å². The number of benzene rings is 1. The molecular weight excluding hydrogens is 428 g/mol. The van der Waals surface area contributed by atoms with Crippen molar-refractivity contribution in [2.75, 3.05) is 4.90 Å². The Morgan fingerprint density at radius 1 is 1.17 bits per heavy atom. The molecule has 29 heavy (non-hydrogen) atoms. The van der Waals surface area contributed by atoms with Crippen LogP contribution in [0.25, 0.3) is 0 Å². The number of nitrogens with one attached hydrogen (secondary N) is 1. The number of hydrogen-bond acceptors (Lipinski definition) is 6. The predicted octanol–water partition coefficient (Wildman–Crippen LogP) is 4.86. The van der Waals surface area contributed by atoms with Gasteiger partial charge in [-0.15, -0.1) is 16.4 Å². The van der Waals surface area contributed by atoms with Crippen LogP contribution in [0.3, 0.4) is 0 Å². The van der Waals surface area contributed by atoms with Gasteiger partial charge in [-0.25, -0.2) is 0 Å². The Morgan fingerprint density at radius 3 is 2.38 bits per heavy atom. The lowest BCUT2D eigenvalue weighted by Crippen LogP contribution is -2.49. The number of halogens is 1. The molecule has 0 unspecified atom stereocenters. The molecular formula is C20H21ClN4O2S2. The Morgan fingerprint density at radius 2 is 1.86 bits per heavy atom. The van der Waals surface area contributed by atoms with Crippen molar-refractivity contribution < 1.29 is 9.59 Å². The van der Waals surface area contributed by atoms with E-state index in [0.29, 0.717) is 10.7 Å². The number of carbonyl (C=O) groups excluding carboxylic acids is 2. The molecule has 152 valence electrons. The second-order valence-corrected chi connectivity index (χ2v) is 9.55. The minimum atomic E-state index is -0.857. The summed E-state index contributed by atoms with van der Waals surface area (Å²) in [4.78, 5) is 29.1. The van der Waals surface area contributed by atoms with Gasteiger partial charge in [-0.05, 0) is 80.5 Å². The van der Waals surface area contributed by atoms with Crippen LogP contribution in [0.15, 0.2) is 41.1 Å². The van der Waals surface area contributed by atoms with Gasteiger partial charge in [0.15, 0.2) is 11.7 Å². The van der Waals surface area contributed by atoms with Crippen molar-refractivity contribution in [1.29, 1.82) is 0 Å². The summed E-state index contributed by atoms with van der Waals surface area (Å²) in [6.07, 6.45) is 0. The van der Waals surface area contributed by atoms with Gasteiger partial charge in [0, 0.05) is 26.5 Å². The van der Waals surface area contributed by atoms with E-state index in [1.807, 2.05) is 39.1 Å². The summed E-state index contributed by atoms with van der Waals surface area (Å²) >= 11 is 8.57. The quantitative estimate of drug-likeness (QED) is 0.604. The van der Waals surface area contributed by atoms with E-state index >= 15 is 0 Å². The molecule has 0 saturated carbocycles. The summed E-state index contributed by atoms with van der Waals surface area (Å²) in [7, 11) is 0. The van der Waals surface area contributed by atoms with Crippen molar-refractivity contribution in [3.05, 3.63) is 62.2 Å². The molecule has 0 aliphatic rings. The fraction of sp³-hybridized carbons (Fsp3) is 0.300. The number of rotatable bonds is 5. The molecule has 0 fully saturated rings. The highest BCUT2D eigenvalue weighted by molar-refractivity contribution is 7.10. The molecule has 6 nitrogen and oxygen atoms in total. The largest absolute Gasteiger partial charge is 0.349 e. The van der Waals surface area contributed by atoms with E-state index in [2.05, 4.69) is 14.9 Å². The smallest absolute Gasteiger partial charge is 0.280 e. The third-order valence-corrected chi connectivity index (χ3v) is 5.89. The van der Waals surface area contributed by atoms with E-state index in [4.69, 9.17) is 11.6 Å². The highest BCUT2D eigenvalue weighted by Crippen LogP contribution is 2.35. The normalized spacial score (nSPS) is 12.4. The minimum absolute atomic E-state index is 0.188. The van der Waals surface area contributed by atoms with E-state index in [0.717, 1.165) is 22.0 Å². The summed E-state index contributed by atoms with van der Waals surface area (Å²) in [5, 5.41) is 11.0.